The largest absolute Gasteiger partial charge is 0.305 e. The summed E-state index contributed by atoms with van der Waals surface area (Å²) in [6.45, 7) is 3.38. The number of hydrogen-bond acceptors (Lipinski definition) is 5. The summed E-state index contributed by atoms with van der Waals surface area (Å²) < 4.78 is 14.8. The molecule has 0 saturated carbocycles. The molecule has 0 N–H and O–H groups in total. The number of hydrazone groups is 1. The van der Waals surface area contributed by atoms with E-state index in [1.165, 1.54) is 46.8 Å². The lowest BCUT2D eigenvalue weighted by molar-refractivity contribution is -0.539. The fourth-order valence-electron chi connectivity index (χ4n) is 2.87. The Hall–Kier alpha value is -2.45. The van der Waals surface area contributed by atoms with Gasteiger partial charge in [0.2, 0.25) is 5.50 Å². The van der Waals surface area contributed by atoms with Gasteiger partial charge in [-0.2, -0.15) is 5.10 Å². The molecule has 142 valence electrons. The normalized spacial score (nSPS) is 21.7. The Kier molecular flexibility index (Phi) is 4.96. The second-order valence-electron chi connectivity index (χ2n) is 6.19. The first-order valence-electron chi connectivity index (χ1n) is 8.03. The average molecular weight is 413 g/mol. The molecule has 0 bridgehead atoms. The fraction of sp³-hybridized carbons (Fsp3) is 0.294. The molecule has 2 heterocycles. The molecule has 0 amide bonds. The number of pyridine rings is 1. The highest BCUT2D eigenvalue weighted by Crippen LogP contribution is 2.38. The highest BCUT2D eigenvalue weighted by Gasteiger charge is 2.52. The molecule has 1 aromatic carbocycles. The summed E-state index contributed by atoms with van der Waals surface area (Å²) in [5, 5.41) is 16.7. The van der Waals surface area contributed by atoms with E-state index in [-0.39, 0.29) is 11.6 Å². The fourth-order valence-corrected chi connectivity index (χ4v) is 3.37. The minimum atomic E-state index is -1.62. The topological polar surface area (TPSA) is 80.7 Å². The van der Waals surface area contributed by atoms with Gasteiger partial charge in [-0.05, 0) is 37.3 Å². The molecule has 10 heteroatoms. The highest BCUT2D eigenvalue weighted by molar-refractivity contribution is 6.31. The molecule has 1 aliphatic heterocycles. The van der Waals surface area contributed by atoms with Crippen molar-refractivity contribution in [3.63, 3.8) is 0 Å². The number of anilines is 1. The monoisotopic (exact) mass is 412 g/mol. The van der Waals surface area contributed by atoms with Crippen LogP contribution in [0.1, 0.15) is 13.8 Å². The third-order valence-corrected chi connectivity index (χ3v) is 5.34. The quantitative estimate of drug-likeness (QED) is 0.331. The van der Waals surface area contributed by atoms with Crippen molar-refractivity contribution in [2.45, 2.75) is 31.4 Å². The van der Waals surface area contributed by atoms with Crippen LogP contribution >= 0.6 is 23.2 Å². The zero-order valence-electron chi connectivity index (χ0n) is 14.4. The molecule has 1 aliphatic rings. The van der Waals surface area contributed by atoms with Crippen LogP contribution in [0.3, 0.4) is 0 Å². The minimum absolute atomic E-state index is 0.0773. The number of aromatic nitrogens is 1. The van der Waals surface area contributed by atoms with E-state index in [1.54, 1.807) is 6.92 Å². The first kappa shape index (κ1) is 19.3. The van der Waals surface area contributed by atoms with Crippen LogP contribution in [0.15, 0.2) is 40.2 Å². The van der Waals surface area contributed by atoms with Crippen molar-refractivity contribution in [1.29, 1.82) is 0 Å². The van der Waals surface area contributed by atoms with E-state index in [2.05, 4.69) is 5.10 Å². The van der Waals surface area contributed by atoms with Gasteiger partial charge in [-0.3, -0.25) is 14.9 Å². The van der Waals surface area contributed by atoms with Crippen LogP contribution < -0.4 is 10.6 Å². The van der Waals surface area contributed by atoms with Crippen LogP contribution in [0.2, 0.25) is 5.02 Å². The van der Waals surface area contributed by atoms with Crippen molar-refractivity contribution >= 4 is 35.1 Å². The number of nitrogens with zero attached hydrogens (tertiary/aromatic N) is 4. The Morgan fingerprint density at radius 3 is 2.52 bits per heavy atom. The number of rotatable bonds is 4. The summed E-state index contributed by atoms with van der Waals surface area (Å²) in [7, 11) is 0. The molecule has 27 heavy (non-hydrogen) atoms. The van der Waals surface area contributed by atoms with Gasteiger partial charge in [0.05, 0.1) is 11.4 Å². The van der Waals surface area contributed by atoms with Gasteiger partial charge in [0.25, 0.3) is 11.1 Å². The summed E-state index contributed by atoms with van der Waals surface area (Å²) in [4.78, 5) is 23.4. The van der Waals surface area contributed by atoms with Crippen molar-refractivity contribution in [3.05, 3.63) is 61.6 Å². The molecule has 7 nitrogen and oxygen atoms in total. The number of nitro groups is 1. The second-order valence-corrected chi connectivity index (χ2v) is 7.01. The van der Waals surface area contributed by atoms with Gasteiger partial charge in [-0.25, -0.2) is 9.40 Å². The molecule has 2 unspecified atom stereocenters. The van der Waals surface area contributed by atoms with Crippen molar-refractivity contribution < 1.29 is 9.31 Å². The Morgan fingerprint density at radius 1 is 1.37 bits per heavy atom. The Morgan fingerprint density at radius 2 is 2.00 bits per heavy atom. The summed E-state index contributed by atoms with van der Waals surface area (Å²) >= 11 is 12.4. The Labute approximate surface area is 163 Å². The lowest BCUT2D eigenvalue weighted by atomic mass is 10.0. The van der Waals surface area contributed by atoms with E-state index in [9.17, 15) is 19.3 Å². The van der Waals surface area contributed by atoms with Crippen LogP contribution in [0.5, 0.6) is 0 Å². The van der Waals surface area contributed by atoms with E-state index in [0.717, 1.165) is 6.21 Å². The molecular formula is C17H15Cl2FN4O3. The SMILES string of the molecule is CCn1c(-c2ccc(F)cc2)c(N2N=CC(C)([N+](=O)[O-])C2Cl)cc(Cl)c1=O. The van der Waals surface area contributed by atoms with Crippen LogP contribution in [0.25, 0.3) is 11.3 Å². The van der Waals surface area contributed by atoms with Crippen molar-refractivity contribution in [2.75, 3.05) is 5.01 Å². The van der Waals surface area contributed by atoms with Crippen molar-refractivity contribution in [3.8, 4) is 11.3 Å². The van der Waals surface area contributed by atoms with E-state index in [4.69, 9.17) is 23.2 Å². The van der Waals surface area contributed by atoms with Gasteiger partial charge in [0.15, 0.2) is 0 Å². The number of benzene rings is 1. The first-order chi connectivity index (χ1) is 12.7. The molecule has 3 rings (SSSR count). The molecule has 0 fully saturated rings. The van der Waals surface area contributed by atoms with Crippen LogP contribution in [-0.4, -0.2) is 26.7 Å². The average Bonchev–Trinajstić information content (AvgIpc) is 2.94. The van der Waals surface area contributed by atoms with Gasteiger partial charge in [-0.15, -0.1) is 0 Å². The lowest BCUT2D eigenvalue weighted by Crippen LogP contribution is -2.47. The smallest absolute Gasteiger partial charge is 0.291 e. The second kappa shape index (κ2) is 6.94. The third kappa shape index (κ3) is 3.08. The van der Waals surface area contributed by atoms with Gasteiger partial charge in [0.1, 0.15) is 17.1 Å². The summed E-state index contributed by atoms with van der Waals surface area (Å²) in [5.41, 5.74) is -1.98. The van der Waals surface area contributed by atoms with Gasteiger partial charge in [0, 0.05) is 24.0 Å². The van der Waals surface area contributed by atoms with Gasteiger partial charge >= 0.3 is 0 Å². The molecule has 2 aromatic rings. The molecule has 1 aromatic heterocycles. The third-order valence-electron chi connectivity index (χ3n) is 4.44. The lowest BCUT2D eigenvalue weighted by Gasteiger charge is -2.27. The Bertz CT molecular complexity index is 993. The standard InChI is InChI=1S/C17H15Cl2FN4O3/c1-3-22-14(10-4-6-11(20)7-5-10)13(8-12(18)15(22)25)23-16(19)17(2,9-21-23)24(26)27/h4-9,16H,3H2,1-2H3. The predicted molar refractivity (Wildman–Crippen MR) is 103 cm³/mol. The Balaban J connectivity index is 2.26. The van der Waals surface area contributed by atoms with Crippen LogP contribution in [0.4, 0.5) is 10.1 Å². The molecule has 0 aliphatic carbocycles. The highest BCUT2D eigenvalue weighted by atomic mass is 35.5. The molecule has 0 radical (unpaired) electrons. The zero-order chi connectivity index (χ0) is 19.9. The van der Waals surface area contributed by atoms with Gasteiger partial charge in [-0.1, -0.05) is 23.2 Å². The minimum Gasteiger partial charge on any atom is -0.305 e. The van der Waals surface area contributed by atoms with Crippen molar-refractivity contribution in [2.24, 2.45) is 5.10 Å². The number of hydrogen-bond donors (Lipinski definition) is 0. The zero-order valence-corrected chi connectivity index (χ0v) is 15.9. The van der Waals surface area contributed by atoms with E-state index in [0.29, 0.717) is 16.9 Å². The molecule has 0 spiro atoms. The number of halogens is 3. The molecular weight excluding hydrogens is 398 g/mol. The van der Waals surface area contributed by atoms with Gasteiger partial charge < -0.3 is 4.57 Å². The summed E-state index contributed by atoms with van der Waals surface area (Å²) in [5.74, 6) is -0.435. The van der Waals surface area contributed by atoms with Crippen molar-refractivity contribution in [1.82, 2.24) is 4.57 Å². The van der Waals surface area contributed by atoms with Crippen LogP contribution in [-0.2, 0) is 6.54 Å². The van der Waals surface area contributed by atoms with E-state index in [1.807, 2.05) is 0 Å². The maximum Gasteiger partial charge on any atom is 0.291 e. The number of alkyl halides is 1. The summed E-state index contributed by atoms with van der Waals surface area (Å²) in [6, 6.07) is 6.88. The predicted octanol–water partition coefficient (Wildman–Crippen LogP) is 3.73. The summed E-state index contributed by atoms with van der Waals surface area (Å²) in [6.07, 6.45) is 1.15. The maximum absolute atomic E-state index is 13.4. The van der Waals surface area contributed by atoms with Crippen LogP contribution in [0, 0.1) is 15.9 Å². The first-order valence-corrected chi connectivity index (χ1v) is 8.84. The molecule has 0 saturated heterocycles. The van der Waals surface area contributed by atoms with E-state index >= 15 is 0 Å². The maximum atomic E-state index is 13.4. The molecule has 2 atom stereocenters. The van der Waals surface area contributed by atoms with E-state index < -0.39 is 27.3 Å².